The maximum absolute atomic E-state index is 13.7. The highest BCUT2D eigenvalue weighted by Crippen LogP contribution is 2.36. The van der Waals surface area contributed by atoms with Crippen molar-refractivity contribution in [2.75, 3.05) is 17.2 Å². The first-order valence-electron chi connectivity index (χ1n) is 11.3. The van der Waals surface area contributed by atoms with Gasteiger partial charge < -0.3 is 4.90 Å². The van der Waals surface area contributed by atoms with Crippen LogP contribution in [0, 0.1) is 0 Å². The molecule has 0 bridgehead atoms. The number of benzene rings is 2. The van der Waals surface area contributed by atoms with Crippen LogP contribution < -0.4 is 10.5 Å². The minimum Gasteiger partial charge on any atom is -0.311 e. The first-order chi connectivity index (χ1) is 16.2. The zero-order valence-corrected chi connectivity index (χ0v) is 19.8. The largest absolute Gasteiger partial charge is 0.311 e. The number of amides is 1. The van der Waals surface area contributed by atoms with E-state index in [-0.39, 0.29) is 17.2 Å². The molecule has 5 nitrogen and oxygen atoms in total. The second kappa shape index (κ2) is 8.47. The number of para-hydroxylation sites is 2. The zero-order chi connectivity index (χ0) is 22.4. The number of hydrogen-bond acceptors (Lipinski definition) is 5. The Hall–Kier alpha value is -2.90. The molecule has 2 aromatic carbocycles. The van der Waals surface area contributed by atoms with Crippen LogP contribution in [0.4, 0.5) is 5.69 Å². The summed E-state index contributed by atoms with van der Waals surface area (Å²) in [5.41, 5.74) is 4.16. The van der Waals surface area contributed by atoms with Crippen molar-refractivity contribution in [2.24, 2.45) is 0 Å². The Labute approximate surface area is 200 Å². The molecule has 0 atom stereocenters. The minimum absolute atomic E-state index is 0.0242. The molecule has 7 heteroatoms. The number of carbonyl (C=O) groups is 1. The third-order valence-electron chi connectivity index (χ3n) is 6.46. The van der Waals surface area contributed by atoms with Gasteiger partial charge >= 0.3 is 0 Å². The lowest BCUT2D eigenvalue weighted by atomic mass is 10.0. The van der Waals surface area contributed by atoms with Crippen LogP contribution in [0.25, 0.3) is 15.9 Å². The Bertz CT molecular complexity index is 1420. The van der Waals surface area contributed by atoms with E-state index in [1.165, 1.54) is 27.8 Å². The summed E-state index contributed by atoms with van der Waals surface area (Å²) in [4.78, 5) is 35.8. The van der Waals surface area contributed by atoms with Crippen molar-refractivity contribution in [1.29, 1.82) is 0 Å². The van der Waals surface area contributed by atoms with Crippen LogP contribution >= 0.6 is 23.1 Å². The fourth-order valence-electron chi connectivity index (χ4n) is 4.92. The molecule has 0 fully saturated rings. The van der Waals surface area contributed by atoms with Gasteiger partial charge in [0.25, 0.3) is 5.56 Å². The molecule has 0 radical (unpaired) electrons. The van der Waals surface area contributed by atoms with E-state index in [4.69, 9.17) is 4.98 Å². The number of fused-ring (bicyclic) bond motifs is 4. The van der Waals surface area contributed by atoms with Crippen LogP contribution in [-0.2, 0) is 24.1 Å². The highest BCUT2D eigenvalue weighted by molar-refractivity contribution is 7.99. The Morgan fingerprint density at radius 1 is 1.00 bits per heavy atom. The smallest absolute Gasteiger partial charge is 0.267 e. The van der Waals surface area contributed by atoms with Crippen LogP contribution in [0.2, 0.25) is 0 Å². The highest BCUT2D eigenvalue weighted by Gasteiger charge is 2.26. The van der Waals surface area contributed by atoms with Gasteiger partial charge in [-0.05, 0) is 61.4 Å². The van der Waals surface area contributed by atoms with E-state index in [1.54, 1.807) is 15.9 Å². The zero-order valence-electron chi connectivity index (χ0n) is 18.1. The summed E-state index contributed by atoms with van der Waals surface area (Å²) in [7, 11) is 0. The number of aromatic nitrogens is 2. The average Bonchev–Trinajstić information content (AvgIpc) is 3.44. The summed E-state index contributed by atoms with van der Waals surface area (Å²) >= 11 is 2.99. The normalized spacial score (nSPS) is 15.0. The number of thioether (sulfide) groups is 1. The van der Waals surface area contributed by atoms with Crippen molar-refractivity contribution < 1.29 is 4.79 Å². The number of nitrogens with zero attached hydrogens (tertiary/aromatic N) is 3. The molecule has 4 aromatic rings. The number of thiophene rings is 1. The van der Waals surface area contributed by atoms with E-state index in [0.717, 1.165) is 60.2 Å². The van der Waals surface area contributed by atoms with Gasteiger partial charge in [0.05, 0.1) is 16.8 Å². The molecule has 0 saturated carbocycles. The fourth-order valence-corrected chi connectivity index (χ4v) is 7.11. The molecule has 1 aliphatic heterocycles. The topological polar surface area (TPSA) is 55.2 Å². The monoisotopic (exact) mass is 473 g/mol. The number of rotatable bonds is 4. The summed E-state index contributed by atoms with van der Waals surface area (Å²) in [5, 5.41) is 1.34. The molecule has 0 unspecified atom stereocenters. The van der Waals surface area contributed by atoms with Crippen LogP contribution in [0.3, 0.4) is 0 Å². The lowest BCUT2D eigenvalue weighted by Crippen LogP contribution is -2.36. The van der Waals surface area contributed by atoms with Gasteiger partial charge in [-0.15, -0.1) is 11.3 Å². The molecule has 2 aliphatic rings. The van der Waals surface area contributed by atoms with E-state index < -0.39 is 0 Å². The van der Waals surface area contributed by atoms with Crippen molar-refractivity contribution in [3.63, 3.8) is 0 Å². The van der Waals surface area contributed by atoms with Gasteiger partial charge in [-0.2, -0.15) is 0 Å². The van der Waals surface area contributed by atoms with Gasteiger partial charge in [-0.25, -0.2) is 4.98 Å². The predicted octanol–water partition coefficient (Wildman–Crippen LogP) is 5.01. The molecule has 0 N–H and O–H groups in total. The highest BCUT2D eigenvalue weighted by atomic mass is 32.2. The molecule has 33 heavy (non-hydrogen) atoms. The van der Waals surface area contributed by atoms with Crippen LogP contribution in [-0.4, -0.2) is 27.8 Å². The Morgan fingerprint density at radius 3 is 2.70 bits per heavy atom. The fraction of sp³-hybridized carbons (Fsp3) is 0.269. The van der Waals surface area contributed by atoms with Crippen molar-refractivity contribution in [2.45, 2.75) is 37.3 Å². The second-order valence-corrected chi connectivity index (χ2v) is 10.5. The van der Waals surface area contributed by atoms with Gasteiger partial charge in [0.1, 0.15) is 4.83 Å². The summed E-state index contributed by atoms with van der Waals surface area (Å²) in [5.74, 6) is 0.291. The number of carbonyl (C=O) groups excluding carboxylic acids is 1. The Kier molecular flexibility index (Phi) is 5.31. The Balaban J connectivity index is 1.38. The molecule has 3 heterocycles. The van der Waals surface area contributed by atoms with Gasteiger partial charge in [0, 0.05) is 17.1 Å². The maximum atomic E-state index is 13.7. The summed E-state index contributed by atoms with van der Waals surface area (Å²) in [6.07, 6.45) is 5.04. The maximum Gasteiger partial charge on any atom is 0.267 e. The second-order valence-electron chi connectivity index (χ2n) is 8.47. The minimum atomic E-state index is -0.0242. The van der Waals surface area contributed by atoms with E-state index in [0.29, 0.717) is 5.16 Å². The third-order valence-corrected chi connectivity index (χ3v) is 8.57. The van der Waals surface area contributed by atoms with Gasteiger partial charge in [0.2, 0.25) is 5.91 Å². The number of aryl methyl sites for hydroxylation is 3. The average molecular weight is 474 g/mol. The van der Waals surface area contributed by atoms with Crippen molar-refractivity contribution in [3.05, 3.63) is 81.0 Å². The third kappa shape index (κ3) is 3.60. The summed E-state index contributed by atoms with van der Waals surface area (Å²) in [6.45, 7) is 0.728. The summed E-state index contributed by atoms with van der Waals surface area (Å²) < 4.78 is 1.69. The van der Waals surface area contributed by atoms with E-state index in [9.17, 15) is 9.59 Å². The van der Waals surface area contributed by atoms with Crippen molar-refractivity contribution in [3.8, 4) is 5.69 Å². The van der Waals surface area contributed by atoms with Crippen LogP contribution in [0.1, 0.15) is 28.8 Å². The van der Waals surface area contributed by atoms with Crippen LogP contribution in [0.5, 0.6) is 0 Å². The molecule has 0 spiro atoms. The van der Waals surface area contributed by atoms with Crippen molar-refractivity contribution >= 4 is 44.9 Å². The molecular formula is C26H23N3O2S2. The SMILES string of the molecule is O=C(CSc1nc2sc3c(c2c(=O)n1-c1ccccc1)CCC3)N1CCCc2ccccc21. The van der Waals surface area contributed by atoms with Gasteiger partial charge in [-0.1, -0.05) is 48.2 Å². The summed E-state index contributed by atoms with van der Waals surface area (Å²) in [6, 6.07) is 17.8. The molecule has 1 aliphatic carbocycles. The molecule has 166 valence electrons. The van der Waals surface area contributed by atoms with Gasteiger partial charge in [-0.3, -0.25) is 14.2 Å². The lowest BCUT2D eigenvalue weighted by molar-refractivity contribution is -0.116. The first kappa shape index (κ1) is 20.7. The van der Waals surface area contributed by atoms with E-state index in [2.05, 4.69) is 6.07 Å². The standard InChI is InChI=1S/C26H23N3O2S2/c30-22(28-15-7-9-17-8-4-5-13-20(17)28)16-32-26-27-24-23(19-12-6-14-21(19)33-24)25(31)29(26)18-10-2-1-3-11-18/h1-5,8,10-11,13H,6-7,9,12,14-16H2. The molecule has 6 rings (SSSR count). The molecule has 0 saturated heterocycles. The Morgan fingerprint density at radius 2 is 1.82 bits per heavy atom. The molecular weight excluding hydrogens is 450 g/mol. The quantitative estimate of drug-likeness (QED) is 0.309. The van der Waals surface area contributed by atoms with Crippen LogP contribution in [0.15, 0.2) is 64.5 Å². The number of hydrogen-bond donors (Lipinski definition) is 0. The molecule has 2 aromatic heterocycles. The van der Waals surface area contributed by atoms with Crippen molar-refractivity contribution in [1.82, 2.24) is 9.55 Å². The first-order valence-corrected chi connectivity index (χ1v) is 13.1. The van der Waals surface area contributed by atoms with E-state index >= 15 is 0 Å². The molecule has 1 amide bonds. The van der Waals surface area contributed by atoms with E-state index in [1.807, 2.05) is 53.4 Å². The predicted molar refractivity (Wildman–Crippen MR) is 135 cm³/mol. The lowest BCUT2D eigenvalue weighted by Gasteiger charge is -2.29. The number of anilines is 1. The van der Waals surface area contributed by atoms with Gasteiger partial charge in [0.15, 0.2) is 5.16 Å².